The van der Waals surface area contributed by atoms with Crippen LogP contribution in [-0.2, 0) is 20.7 Å². The minimum atomic E-state index is -0.352. The van der Waals surface area contributed by atoms with Gasteiger partial charge < -0.3 is 4.74 Å². The zero-order valence-corrected chi connectivity index (χ0v) is 16.8. The molecule has 4 nitrogen and oxygen atoms in total. The molecule has 4 aliphatic carbocycles. The van der Waals surface area contributed by atoms with Gasteiger partial charge in [-0.2, -0.15) is 11.3 Å². The molecule has 0 saturated heterocycles. The van der Waals surface area contributed by atoms with Crippen LogP contribution in [0.4, 0.5) is 0 Å². The maximum absolute atomic E-state index is 12.9. The molecule has 0 spiro atoms. The van der Waals surface area contributed by atoms with Crippen molar-refractivity contribution in [2.45, 2.75) is 44.9 Å². The predicted molar refractivity (Wildman–Crippen MR) is 106 cm³/mol. The standard InChI is InChI=1S/C21H23NO3S2/c23-18(21-7-13-3-14(8-21)5-15(4-13)9-21)10-25-19(24)6-17-12-27-20(22-17)16-1-2-26-11-16/h1-2,11-15H,3-10H2. The van der Waals surface area contributed by atoms with Crippen molar-refractivity contribution in [3.8, 4) is 10.6 Å². The number of carbonyl (C=O) groups is 2. The van der Waals surface area contributed by atoms with Crippen molar-refractivity contribution in [1.29, 1.82) is 0 Å². The van der Waals surface area contributed by atoms with Crippen molar-refractivity contribution in [3.05, 3.63) is 27.9 Å². The molecular weight excluding hydrogens is 378 g/mol. The SMILES string of the molecule is O=C(Cc1csc(-c2ccsc2)n1)OCC(=O)C12CC3CC(CC(C3)C1)C2. The summed E-state index contributed by atoms with van der Waals surface area (Å²) >= 11 is 3.16. The maximum atomic E-state index is 12.9. The number of ketones is 1. The highest BCUT2D eigenvalue weighted by Gasteiger charge is 2.54. The van der Waals surface area contributed by atoms with Crippen molar-refractivity contribution in [2.75, 3.05) is 6.61 Å². The van der Waals surface area contributed by atoms with Crippen molar-refractivity contribution >= 4 is 34.4 Å². The Morgan fingerprint density at radius 3 is 2.44 bits per heavy atom. The molecule has 4 bridgehead atoms. The minimum absolute atomic E-state index is 0.0630. The molecule has 0 aromatic carbocycles. The Morgan fingerprint density at radius 1 is 1.11 bits per heavy atom. The van der Waals surface area contributed by atoms with Crippen LogP contribution >= 0.6 is 22.7 Å². The third kappa shape index (κ3) is 3.38. The summed E-state index contributed by atoms with van der Waals surface area (Å²) in [7, 11) is 0. The molecule has 0 amide bonds. The van der Waals surface area contributed by atoms with Gasteiger partial charge in [0.2, 0.25) is 0 Å². The van der Waals surface area contributed by atoms with Crippen LogP contribution in [0.2, 0.25) is 0 Å². The number of aromatic nitrogens is 1. The summed E-state index contributed by atoms with van der Waals surface area (Å²) in [4.78, 5) is 29.7. The van der Waals surface area contributed by atoms with Crippen molar-refractivity contribution in [1.82, 2.24) is 4.98 Å². The average molecular weight is 402 g/mol. The Hall–Kier alpha value is -1.53. The lowest BCUT2D eigenvalue weighted by atomic mass is 9.48. The molecule has 6 rings (SSSR count). The Labute approximate surface area is 167 Å². The second kappa shape index (κ2) is 6.82. The fraction of sp³-hybridized carbons (Fsp3) is 0.571. The summed E-state index contributed by atoms with van der Waals surface area (Å²) in [6.07, 6.45) is 7.12. The molecule has 0 N–H and O–H groups in total. The summed E-state index contributed by atoms with van der Waals surface area (Å²) in [6.45, 7) is -0.0630. The fourth-order valence-electron chi connectivity index (χ4n) is 5.86. The average Bonchev–Trinajstić information content (AvgIpc) is 3.30. The number of ether oxygens (including phenoxy) is 1. The number of thiazole rings is 1. The molecule has 0 aliphatic heterocycles. The van der Waals surface area contributed by atoms with Crippen molar-refractivity contribution in [3.63, 3.8) is 0 Å². The predicted octanol–water partition coefficient (Wildman–Crippen LogP) is 4.74. The van der Waals surface area contributed by atoms with Gasteiger partial charge in [-0.15, -0.1) is 11.3 Å². The van der Waals surface area contributed by atoms with E-state index in [2.05, 4.69) is 4.98 Å². The summed E-state index contributed by atoms with van der Waals surface area (Å²) in [5, 5.41) is 6.88. The normalized spacial score (nSPS) is 31.2. The van der Waals surface area contributed by atoms with Gasteiger partial charge >= 0.3 is 5.97 Å². The third-order valence-electron chi connectivity index (χ3n) is 6.64. The summed E-state index contributed by atoms with van der Waals surface area (Å²) in [5.41, 5.74) is 1.61. The topological polar surface area (TPSA) is 56.3 Å². The Kier molecular flexibility index (Phi) is 4.43. The summed E-state index contributed by atoms with van der Waals surface area (Å²) < 4.78 is 5.38. The first-order valence-electron chi connectivity index (χ1n) is 9.75. The Bertz CT molecular complexity index is 819. The molecule has 4 saturated carbocycles. The van der Waals surface area contributed by atoms with Gasteiger partial charge in [0.05, 0.1) is 12.1 Å². The first kappa shape index (κ1) is 17.6. The lowest BCUT2D eigenvalue weighted by Gasteiger charge is -2.55. The van der Waals surface area contributed by atoms with Crippen LogP contribution < -0.4 is 0 Å². The highest BCUT2D eigenvalue weighted by molar-refractivity contribution is 7.14. The van der Waals surface area contributed by atoms with E-state index in [1.165, 1.54) is 30.6 Å². The highest BCUT2D eigenvalue weighted by Crippen LogP contribution is 2.60. The zero-order chi connectivity index (χ0) is 18.4. The van der Waals surface area contributed by atoms with Gasteiger partial charge in [-0.25, -0.2) is 4.98 Å². The smallest absolute Gasteiger partial charge is 0.312 e. The molecule has 2 aromatic rings. The third-order valence-corrected chi connectivity index (χ3v) is 8.26. The van der Waals surface area contributed by atoms with E-state index < -0.39 is 0 Å². The number of thiophene rings is 1. The molecule has 0 atom stereocenters. The van der Waals surface area contributed by atoms with Gasteiger partial charge in [0, 0.05) is 21.7 Å². The first-order chi connectivity index (χ1) is 13.1. The van der Waals surface area contributed by atoms with E-state index in [0.717, 1.165) is 47.6 Å². The lowest BCUT2D eigenvalue weighted by molar-refractivity contribution is -0.157. The van der Waals surface area contributed by atoms with E-state index >= 15 is 0 Å². The fourth-order valence-corrected chi connectivity index (χ4v) is 7.39. The number of hydrogen-bond acceptors (Lipinski definition) is 6. The number of nitrogens with zero attached hydrogens (tertiary/aromatic N) is 1. The largest absolute Gasteiger partial charge is 0.457 e. The molecule has 0 unspecified atom stereocenters. The van der Waals surface area contributed by atoms with Gasteiger partial charge in [-0.1, -0.05) is 0 Å². The van der Waals surface area contributed by atoms with Crippen LogP contribution in [-0.4, -0.2) is 23.3 Å². The molecular formula is C21H23NO3S2. The van der Waals surface area contributed by atoms with Gasteiger partial charge in [0.25, 0.3) is 0 Å². The number of rotatable bonds is 6. The van der Waals surface area contributed by atoms with E-state index in [1.807, 2.05) is 22.2 Å². The molecule has 0 radical (unpaired) electrons. The molecule has 6 heteroatoms. The van der Waals surface area contributed by atoms with Crippen LogP contribution in [0.25, 0.3) is 10.6 Å². The van der Waals surface area contributed by atoms with Crippen molar-refractivity contribution in [2.24, 2.45) is 23.2 Å². The van der Waals surface area contributed by atoms with Gasteiger partial charge in [0.15, 0.2) is 12.4 Å². The van der Waals surface area contributed by atoms with E-state index in [4.69, 9.17) is 4.74 Å². The molecule has 142 valence electrons. The van der Waals surface area contributed by atoms with Crippen LogP contribution in [0, 0.1) is 23.2 Å². The van der Waals surface area contributed by atoms with Crippen molar-refractivity contribution < 1.29 is 14.3 Å². The quantitative estimate of drug-likeness (QED) is 0.656. The van der Waals surface area contributed by atoms with Gasteiger partial charge in [-0.3, -0.25) is 9.59 Å². The van der Waals surface area contributed by atoms with Gasteiger partial charge in [0.1, 0.15) is 5.01 Å². The molecule has 4 fully saturated rings. The number of hydrogen-bond donors (Lipinski definition) is 0. The second-order valence-corrected chi connectivity index (χ2v) is 10.3. The monoisotopic (exact) mass is 401 g/mol. The highest BCUT2D eigenvalue weighted by atomic mass is 32.1. The number of carbonyl (C=O) groups excluding carboxylic acids is 2. The zero-order valence-electron chi connectivity index (χ0n) is 15.2. The minimum Gasteiger partial charge on any atom is -0.457 e. The van der Waals surface area contributed by atoms with E-state index in [1.54, 1.807) is 11.3 Å². The number of esters is 1. The molecule has 27 heavy (non-hydrogen) atoms. The van der Waals surface area contributed by atoms with Crippen LogP contribution in [0.5, 0.6) is 0 Å². The molecule has 2 aromatic heterocycles. The van der Waals surface area contributed by atoms with E-state index in [0.29, 0.717) is 5.69 Å². The number of Topliss-reactive ketones (excluding diaryl/α,β-unsaturated/α-hetero) is 1. The van der Waals surface area contributed by atoms with E-state index in [-0.39, 0.29) is 30.2 Å². The summed E-state index contributed by atoms with van der Waals surface area (Å²) in [6, 6.07) is 2.02. The van der Waals surface area contributed by atoms with Crippen LogP contribution in [0.1, 0.15) is 44.2 Å². The summed E-state index contributed by atoms with van der Waals surface area (Å²) in [5.74, 6) is 1.98. The Morgan fingerprint density at radius 2 is 1.81 bits per heavy atom. The van der Waals surface area contributed by atoms with Gasteiger partial charge in [-0.05, 0) is 67.7 Å². The lowest BCUT2D eigenvalue weighted by Crippen LogP contribution is -2.51. The van der Waals surface area contributed by atoms with E-state index in [9.17, 15) is 9.59 Å². The Balaban J connectivity index is 1.17. The van der Waals surface area contributed by atoms with Crippen LogP contribution in [0.3, 0.4) is 0 Å². The molecule has 2 heterocycles. The van der Waals surface area contributed by atoms with Crippen LogP contribution in [0.15, 0.2) is 22.2 Å². The maximum Gasteiger partial charge on any atom is 0.312 e. The second-order valence-electron chi connectivity index (χ2n) is 8.61. The molecule has 4 aliphatic rings. The first-order valence-corrected chi connectivity index (χ1v) is 11.6.